The molecule has 1 amide bonds. The van der Waals surface area contributed by atoms with Crippen molar-refractivity contribution in [3.63, 3.8) is 0 Å². The van der Waals surface area contributed by atoms with E-state index in [1.165, 1.54) is 24.5 Å². The number of nitrogens with zero attached hydrogens (tertiary/aromatic N) is 2. The zero-order valence-electron chi connectivity index (χ0n) is 13.6. The number of nitrogens with one attached hydrogen (secondary N) is 1. The van der Waals surface area contributed by atoms with Crippen LogP contribution in [0.25, 0.3) is 10.2 Å². The summed E-state index contributed by atoms with van der Waals surface area (Å²) >= 11 is 1.31. The van der Waals surface area contributed by atoms with Crippen molar-refractivity contribution in [2.45, 2.75) is 13.0 Å². The SMILES string of the molecule is COc1ccc2nc(NC(=O)C(C)OC(=O)c3cccnc3)sc2c1. The summed E-state index contributed by atoms with van der Waals surface area (Å²) in [5.41, 5.74) is 1.04. The predicted octanol–water partition coefficient (Wildman–Crippen LogP) is 2.88. The minimum absolute atomic E-state index is 0.286. The normalized spacial score (nSPS) is 11.8. The van der Waals surface area contributed by atoms with Crippen LogP contribution in [0.2, 0.25) is 0 Å². The fourth-order valence-corrected chi connectivity index (χ4v) is 2.96. The molecule has 2 heterocycles. The molecule has 0 saturated heterocycles. The van der Waals surface area contributed by atoms with Gasteiger partial charge in [-0.05, 0) is 37.3 Å². The number of rotatable bonds is 5. The number of ether oxygens (including phenoxy) is 2. The van der Waals surface area contributed by atoms with Gasteiger partial charge in [-0.25, -0.2) is 9.78 Å². The van der Waals surface area contributed by atoms with Crippen LogP contribution in [0, 0.1) is 0 Å². The number of hydrogen-bond donors (Lipinski definition) is 1. The average Bonchev–Trinajstić information content (AvgIpc) is 3.03. The molecule has 3 rings (SSSR count). The van der Waals surface area contributed by atoms with Gasteiger partial charge >= 0.3 is 5.97 Å². The van der Waals surface area contributed by atoms with Gasteiger partial charge in [0.1, 0.15) is 5.75 Å². The lowest BCUT2D eigenvalue weighted by Gasteiger charge is -2.12. The van der Waals surface area contributed by atoms with Crippen molar-refractivity contribution >= 4 is 38.6 Å². The predicted molar refractivity (Wildman–Crippen MR) is 93.9 cm³/mol. The highest BCUT2D eigenvalue weighted by Crippen LogP contribution is 2.29. The molecule has 8 heteroatoms. The Hall–Kier alpha value is -3.00. The summed E-state index contributed by atoms with van der Waals surface area (Å²) in [7, 11) is 1.59. The number of hydrogen-bond acceptors (Lipinski definition) is 7. The minimum atomic E-state index is -0.964. The van der Waals surface area contributed by atoms with E-state index in [0.29, 0.717) is 10.9 Å². The number of esters is 1. The van der Waals surface area contributed by atoms with Crippen LogP contribution in [0.3, 0.4) is 0 Å². The van der Waals surface area contributed by atoms with Gasteiger partial charge in [-0.15, -0.1) is 0 Å². The van der Waals surface area contributed by atoms with Gasteiger partial charge in [0.25, 0.3) is 5.91 Å². The number of benzene rings is 1. The number of anilines is 1. The molecular formula is C17H15N3O4S. The van der Waals surface area contributed by atoms with E-state index >= 15 is 0 Å². The van der Waals surface area contributed by atoms with E-state index in [4.69, 9.17) is 9.47 Å². The van der Waals surface area contributed by atoms with Crippen LogP contribution in [-0.2, 0) is 9.53 Å². The Labute approximate surface area is 147 Å². The fourth-order valence-electron chi connectivity index (χ4n) is 2.06. The van der Waals surface area contributed by atoms with Gasteiger partial charge in [0.2, 0.25) is 0 Å². The van der Waals surface area contributed by atoms with Crippen LogP contribution >= 0.6 is 11.3 Å². The number of amides is 1. The van der Waals surface area contributed by atoms with Crippen molar-refractivity contribution in [1.82, 2.24) is 9.97 Å². The summed E-state index contributed by atoms with van der Waals surface area (Å²) in [6.45, 7) is 1.50. The van der Waals surface area contributed by atoms with Crippen LogP contribution in [0.4, 0.5) is 5.13 Å². The fraction of sp³-hybridized carbons (Fsp3) is 0.176. The number of aromatic nitrogens is 2. The van der Waals surface area contributed by atoms with Gasteiger partial charge in [-0.1, -0.05) is 11.3 Å². The van der Waals surface area contributed by atoms with Gasteiger partial charge in [0, 0.05) is 12.4 Å². The first-order chi connectivity index (χ1) is 12.1. The van der Waals surface area contributed by atoms with E-state index < -0.39 is 18.0 Å². The molecule has 0 saturated carbocycles. The lowest BCUT2D eigenvalue weighted by atomic mass is 10.3. The minimum Gasteiger partial charge on any atom is -0.497 e. The van der Waals surface area contributed by atoms with Crippen molar-refractivity contribution < 1.29 is 19.1 Å². The van der Waals surface area contributed by atoms with Gasteiger partial charge in [-0.3, -0.25) is 15.1 Å². The Bertz CT molecular complexity index is 911. The Balaban J connectivity index is 1.66. The van der Waals surface area contributed by atoms with E-state index in [1.807, 2.05) is 12.1 Å². The monoisotopic (exact) mass is 357 g/mol. The highest BCUT2D eigenvalue weighted by Gasteiger charge is 2.20. The molecule has 128 valence electrons. The molecule has 7 nitrogen and oxygen atoms in total. The molecule has 0 spiro atoms. The van der Waals surface area contributed by atoms with E-state index in [9.17, 15) is 9.59 Å². The summed E-state index contributed by atoms with van der Waals surface area (Å²) < 4.78 is 11.2. The largest absolute Gasteiger partial charge is 0.497 e. The van der Waals surface area contributed by atoms with E-state index in [2.05, 4.69) is 15.3 Å². The molecule has 0 aliphatic rings. The van der Waals surface area contributed by atoms with Gasteiger partial charge in [-0.2, -0.15) is 0 Å². The summed E-state index contributed by atoms with van der Waals surface area (Å²) in [5.74, 6) is -0.346. The first-order valence-corrected chi connectivity index (χ1v) is 8.25. The number of carbonyl (C=O) groups is 2. The second-order valence-corrected chi connectivity index (χ2v) is 6.16. The first kappa shape index (κ1) is 16.8. The highest BCUT2D eigenvalue weighted by molar-refractivity contribution is 7.22. The number of carbonyl (C=O) groups excluding carboxylic acids is 2. The molecule has 1 N–H and O–H groups in total. The molecule has 2 aromatic heterocycles. The molecule has 0 aliphatic heterocycles. The smallest absolute Gasteiger partial charge is 0.340 e. The molecule has 0 bridgehead atoms. The molecule has 25 heavy (non-hydrogen) atoms. The lowest BCUT2D eigenvalue weighted by Crippen LogP contribution is -2.29. The van der Waals surface area contributed by atoms with Gasteiger partial charge < -0.3 is 9.47 Å². The first-order valence-electron chi connectivity index (χ1n) is 7.43. The zero-order valence-corrected chi connectivity index (χ0v) is 14.4. The van der Waals surface area contributed by atoms with E-state index in [-0.39, 0.29) is 5.56 Å². The van der Waals surface area contributed by atoms with Crippen LogP contribution < -0.4 is 10.1 Å². The zero-order chi connectivity index (χ0) is 17.8. The van der Waals surface area contributed by atoms with Crippen LogP contribution in [0.15, 0.2) is 42.7 Å². The summed E-state index contributed by atoms with van der Waals surface area (Å²) in [4.78, 5) is 32.3. The number of methoxy groups -OCH3 is 1. The Morgan fingerprint density at radius 2 is 2.12 bits per heavy atom. The van der Waals surface area contributed by atoms with Crippen molar-refractivity contribution in [2.75, 3.05) is 12.4 Å². The molecule has 3 aromatic rings. The molecule has 0 aliphatic carbocycles. The third-order valence-corrected chi connectivity index (χ3v) is 4.31. The molecule has 1 aromatic carbocycles. The maximum Gasteiger partial charge on any atom is 0.340 e. The van der Waals surface area contributed by atoms with Crippen molar-refractivity contribution in [3.05, 3.63) is 48.3 Å². The summed E-state index contributed by atoms with van der Waals surface area (Å²) in [6, 6.07) is 8.64. The summed E-state index contributed by atoms with van der Waals surface area (Å²) in [5, 5.41) is 3.09. The van der Waals surface area contributed by atoms with Crippen LogP contribution in [-0.4, -0.2) is 35.1 Å². The van der Waals surface area contributed by atoms with Gasteiger partial charge in [0.15, 0.2) is 11.2 Å². The van der Waals surface area contributed by atoms with Gasteiger partial charge in [0.05, 0.1) is 22.9 Å². The molecule has 1 atom stereocenters. The topological polar surface area (TPSA) is 90.4 Å². The van der Waals surface area contributed by atoms with Crippen LogP contribution in [0.1, 0.15) is 17.3 Å². The molecule has 0 fully saturated rings. The van der Waals surface area contributed by atoms with Crippen molar-refractivity contribution in [3.8, 4) is 5.75 Å². The number of thiazole rings is 1. The molecule has 0 radical (unpaired) electrons. The number of fused-ring (bicyclic) bond motifs is 1. The van der Waals surface area contributed by atoms with E-state index in [1.54, 1.807) is 31.5 Å². The lowest BCUT2D eigenvalue weighted by molar-refractivity contribution is -0.123. The third kappa shape index (κ3) is 3.92. The Morgan fingerprint density at radius 1 is 1.28 bits per heavy atom. The second kappa shape index (κ2) is 7.27. The maximum absolute atomic E-state index is 12.2. The molecule has 1 unspecified atom stereocenters. The standard InChI is InChI=1S/C17H15N3O4S/c1-10(24-16(22)11-4-3-7-18-9-11)15(21)20-17-19-13-6-5-12(23-2)8-14(13)25-17/h3-10H,1-2H3,(H,19,20,21). The Morgan fingerprint density at radius 3 is 2.84 bits per heavy atom. The summed E-state index contributed by atoms with van der Waals surface area (Å²) in [6.07, 6.45) is 1.97. The highest BCUT2D eigenvalue weighted by atomic mass is 32.1. The van der Waals surface area contributed by atoms with Crippen molar-refractivity contribution in [1.29, 1.82) is 0 Å². The maximum atomic E-state index is 12.2. The van der Waals surface area contributed by atoms with Crippen molar-refractivity contribution in [2.24, 2.45) is 0 Å². The van der Waals surface area contributed by atoms with E-state index in [0.717, 1.165) is 10.2 Å². The third-order valence-electron chi connectivity index (χ3n) is 3.38. The second-order valence-electron chi connectivity index (χ2n) is 5.13. The quantitative estimate of drug-likeness (QED) is 0.706. The average molecular weight is 357 g/mol. The Kier molecular flexibility index (Phi) is 4.90. The van der Waals surface area contributed by atoms with Crippen LogP contribution in [0.5, 0.6) is 5.75 Å². The number of pyridine rings is 1. The molecular weight excluding hydrogens is 342 g/mol.